The number of rotatable bonds is 4. The molecule has 0 fully saturated rings. The Bertz CT molecular complexity index is 782. The van der Waals surface area contributed by atoms with E-state index in [4.69, 9.17) is 0 Å². The Kier molecular flexibility index (Phi) is 5.38. The third-order valence-corrected chi connectivity index (χ3v) is 2.98. The highest BCUT2D eigenvalue weighted by atomic mass is 19.4. The Morgan fingerprint density at radius 3 is 2.08 bits per heavy atom. The van der Waals surface area contributed by atoms with E-state index in [1.807, 2.05) is 0 Å². The van der Waals surface area contributed by atoms with Gasteiger partial charge in [0.25, 0.3) is 0 Å². The second-order valence-corrected chi connectivity index (χ2v) is 6.72. The van der Waals surface area contributed by atoms with E-state index in [0.29, 0.717) is 11.4 Å². The van der Waals surface area contributed by atoms with Crippen LogP contribution in [0.25, 0.3) is 0 Å². The average Bonchev–Trinajstić information content (AvgIpc) is 2.46. The minimum absolute atomic E-state index is 0.00588. The first-order valence-electron chi connectivity index (χ1n) is 7.81. The van der Waals surface area contributed by atoms with E-state index in [1.165, 1.54) is 6.92 Å². The molecular formula is C17H20F3N5O. The van der Waals surface area contributed by atoms with Gasteiger partial charge in [-0.3, -0.25) is 4.79 Å². The summed E-state index contributed by atoms with van der Waals surface area (Å²) in [7, 11) is 0. The van der Waals surface area contributed by atoms with Gasteiger partial charge < -0.3 is 16.0 Å². The SMILES string of the molecule is CC(=O)Nc1ccc(Nc2cc(C(F)(F)F)nc(NC(C)(C)C)n2)cc1. The Hall–Kier alpha value is -2.84. The van der Waals surface area contributed by atoms with Crippen LogP contribution in [0.2, 0.25) is 0 Å². The summed E-state index contributed by atoms with van der Waals surface area (Å²) in [5.41, 5.74) is -0.442. The molecule has 0 saturated heterocycles. The Morgan fingerprint density at radius 2 is 1.58 bits per heavy atom. The minimum atomic E-state index is -4.59. The van der Waals surface area contributed by atoms with Crippen LogP contribution in [-0.2, 0) is 11.0 Å². The van der Waals surface area contributed by atoms with Crippen molar-refractivity contribution in [2.24, 2.45) is 0 Å². The number of hydrogen-bond donors (Lipinski definition) is 3. The molecule has 6 nitrogen and oxygen atoms in total. The van der Waals surface area contributed by atoms with Gasteiger partial charge in [-0.1, -0.05) is 0 Å². The van der Waals surface area contributed by atoms with Crippen molar-refractivity contribution in [2.75, 3.05) is 16.0 Å². The summed E-state index contributed by atoms with van der Waals surface area (Å²) in [5, 5.41) is 8.27. The standard InChI is InChI=1S/C17H20F3N5O/c1-10(26)21-11-5-7-12(8-6-11)22-14-9-13(17(18,19)20)23-15(24-14)25-16(2,3)4/h5-9H,1-4H3,(H,21,26)(H2,22,23,24,25). The lowest BCUT2D eigenvalue weighted by Gasteiger charge is -2.21. The minimum Gasteiger partial charge on any atom is -0.350 e. The van der Waals surface area contributed by atoms with Gasteiger partial charge in [-0.15, -0.1) is 0 Å². The Labute approximate surface area is 149 Å². The quantitative estimate of drug-likeness (QED) is 0.746. The van der Waals surface area contributed by atoms with Gasteiger partial charge in [0.1, 0.15) is 5.82 Å². The first-order valence-corrected chi connectivity index (χ1v) is 7.81. The zero-order valence-corrected chi connectivity index (χ0v) is 14.8. The van der Waals surface area contributed by atoms with Gasteiger partial charge in [0.2, 0.25) is 11.9 Å². The maximum atomic E-state index is 13.1. The lowest BCUT2D eigenvalue weighted by Crippen LogP contribution is -2.28. The summed E-state index contributed by atoms with van der Waals surface area (Å²) in [6, 6.07) is 7.35. The van der Waals surface area contributed by atoms with Gasteiger partial charge in [0.05, 0.1) is 0 Å². The average molecular weight is 367 g/mol. The molecule has 26 heavy (non-hydrogen) atoms. The summed E-state index contributed by atoms with van der Waals surface area (Å²) in [5.74, 6) is -0.328. The molecule has 0 spiro atoms. The summed E-state index contributed by atoms with van der Waals surface area (Å²) in [6.45, 7) is 6.77. The van der Waals surface area contributed by atoms with E-state index in [9.17, 15) is 18.0 Å². The topological polar surface area (TPSA) is 78.9 Å². The summed E-state index contributed by atoms with van der Waals surface area (Å²) in [6.07, 6.45) is -4.59. The normalized spacial score (nSPS) is 11.8. The van der Waals surface area contributed by atoms with Crippen LogP contribution in [0.1, 0.15) is 33.4 Å². The number of amides is 1. The molecule has 1 heterocycles. The maximum absolute atomic E-state index is 13.1. The highest BCUT2D eigenvalue weighted by Crippen LogP contribution is 2.31. The zero-order valence-electron chi connectivity index (χ0n) is 14.8. The van der Waals surface area contributed by atoms with Crippen LogP contribution in [-0.4, -0.2) is 21.4 Å². The van der Waals surface area contributed by atoms with Gasteiger partial charge in [0, 0.05) is 29.9 Å². The van der Waals surface area contributed by atoms with Crippen molar-refractivity contribution < 1.29 is 18.0 Å². The Balaban J connectivity index is 2.29. The van der Waals surface area contributed by atoms with Crippen molar-refractivity contribution in [3.8, 4) is 0 Å². The number of hydrogen-bond acceptors (Lipinski definition) is 5. The van der Waals surface area contributed by atoms with Crippen LogP contribution < -0.4 is 16.0 Å². The molecule has 1 aromatic heterocycles. The first kappa shape index (κ1) is 19.5. The van der Waals surface area contributed by atoms with Gasteiger partial charge in [-0.05, 0) is 45.0 Å². The molecule has 0 atom stereocenters. The largest absolute Gasteiger partial charge is 0.433 e. The first-order chi connectivity index (χ1) is 11.9. The number of halogens is 3. The number of anilines is 4. The lowest BCUT2D eigenvalue weighted by molar-refractivity contribution is -0.141. The van der Waals surface area contributed by atoms with Gasteiger partial charge in [-0.25, -0.2) is 4.98 Å². The van der Waals surface area contributed by atoms with Crippen molar-refractivity contribution in [2.45, 2.75) is 39.4 Å². The number of aromatic nitrogens is 2. The number of benzene rings is 1. The summed E-state index contributed by atoms with van der Waals surface area (Å²) >= 11 is 0. The third kappa shape index (κ3) is 5.91. The van der Waals surface area contributed by atoms with Crippen molar-refractivity contribution in [1.82, 2.24) is 9.97 Å². The van der Waals surface area contributed by atoms with Crippen molar-refractivity contribution in [1.29, 1.82) is 0 Å². The molecule has 0 aliphatic carbocycles. The van der Waals surface area contributed by atoms with E-state index in [-0.39, 0.29) is 17.7 Å². The molecule has 0 saturated carbocycles. The molecule has 2 aromatic rings. The van der Waals surface area contributed by atoms with Crippen LogP contribution >= 0.6 is 0 Å². The van der Waals surface area contributed by atoms with Crippen LogP contribution in [0.15, 0.2) is 30.3 Å². The summed E-state index contributed by atoms with van der Waals surface area (Å²) in [4.78, 5) is 18.7. The molecule has 1 amide bonds. The molecule has 0 radical (unpaired) electrons. The predicted molar refractivity (Wildman–Crippen MR) is 94.4 cm³/mol. The second-order valence-electron chi connectivity index (χ2n) is 6.72. The molecule has 9 heteroatoms. The number of nitrogens with zero attached hydrogens (tertiary/aromatic N) is 2. The highest BCUT2D eigenvalue weighted by Gasteiger charge is 2.34. The van der Waals surface area contributed by atoms with Gasteiger partial charge >= 0.3 is 6.18 Å². The van der Waals surface area contributed by atoms with E-state index in [0.717, 1.165) is 6.07 Å². The molecule has 2 rings (SSSR count). The van der Waals surface area contributed by atoms with Crippen molar-refractivity contribution in [3.05, 3.63) is 36.0 Å². The molecule has 0 unspecified atom stereocenters. The van der Waals surface area contributed by atoms with E-state index >= 15 is 0 Å². The van der Waals surface area contributed by atoms with E-state index in [1.54, 1.807) is 45.0 Å². The van der Waals surface area contributed by atoms with E-state index in [2.05, 4.69) is 25.9 Å². The maximum Gasteiger partial charge on any atom is 0.433 e. The fourth-order valence-electron chi connectivity index (χ4n) is 2.04. The number of alkyl halides is 3. The summed E-state index contributed by atoms with van der Waals surface area (Å²) < 4.78 is 39.3. The monoisotopic (exact) mass is 367 g/mol. The van der Waals surface area contributed by atoms with E-state index < -0.39 is 17.4 Å². The molecule has 140 valence electrons. The Morgan fingerprint density at radius 1 is 1.00 bits per heavy atom. The number of carbonyl (C=O) groups is 1. The lowest BCUT2D eigenvalue weighted by atomic mass is 10.1. The zero-order chi connectivity index (χ0) is 19.5. The third-order valence-electron chi connectivity index (χ3n) is 2.98. The fraction of sp³-hybridized carbons (Fsp3) is 0.353. The van der Waals surface area contributed by atoms with Crippen LogP contribution in [0, 0.1) is 0 Å². The molecule has 0 aliphatic rings. The van der Waals surface area contributed by atoms with Gasteiger partial charge in [-0.2, -0.15) is 18.2 Å². The smallest absolute Gasteiger partial charge is 0.350 e. The number of nitrogens with one attached hydrogen (secondary N) is 3. The van der Waals surface area contributed by atoms with Crippen molar-refractivity contribution in [3.63, 3.8) is 0 Å². The fourth-order valence-corrected chi connectivity index (χ4v) is 2.04. The molecule has 1 aromatic carbocycles. The predicted octanol–water partition coefficient (Wildman–Crippen LogP) is 4.41. The molecular weight excluding hydrogens is 347 g/mol. The van der Waals surface area contributed by atoms with Crippen LogP contribution in [0.5, 0.6) is 0 Å². The molecule has 0 aliphatic heterocycles. The highest BCUT2D eigenvalue weighted by molar-refractivity contribution is 5.88. The molecule has 0 bridgehead atoms. The van der Waals surface area contributed by atoms with Crippen molar-refractivity contribution >= 4 is 29.0 Å². The van der Waals surface area contributed by atoms with Crippen LogP contribution in [0.4, 0.5) is 36.3 Å². The van der Waals surface area contributed by atoms with Crippen LogP contribution in [0.3, 0.4) is 0 Å². The second kappa shape index (κ2) is 7.19. The number of carbonyl (C=O) groups excluding carboxylic acids is 1. The van der Waals surface area contributed by atoms with Gasteiger partial charge in [0.15, 0.2) is 5.69 Å². The molecule has 3 N–H and O–H groups in total.